The maximum absolute atomic E-state index is 13.1. The number of carbonyl (C=O) groups is 1. The molecule has 2 fully saturated rings. The summed E-state index contributed by atoms with van der Waals surface area (Å²) in [6.45, 7) is 6.00. The van der Waals surface area contributed by atoms with Crippen molar-refractivity contribution in [3.05, 3.63) is 34.3 Å². The number of nitrogens with zero attached hydrogens (tertiary/aromatic N) is 1. The van der Waals surface area contributed by atoms with Crippen LogP contribution in [0.4, 0.5) is 0 Å². The lowest BCUT2D eigenvalue weighted by Gasteiger charge is -2.21. The summed E-state index contributed by atoms with van der Waals surface area (Å²) in [6.07, 6.45) is 2.24. The van der Waals surface area contributed by atoms with Crippen LogP contribution >= 0.6 is 0 Å². The van der Waals surface area contributed by atoms with E-state index in [1.54, 1.807) is 7.11 Å². The molecular weight excluding hydrogens is 278 g/mol. The molecule has 3 aliphatic rings. The fraction of sp³-hybridized carbons (Fsp3) is 0.556. The SMILES string of the molecule is COC1=C(c2c(C)cc(C)nc2C)C(=O)[C@H]2[C@@H]1[C@H]1CC[C@@H]2O1. The number of hydrogen-bond acceptors (Lipinski definition) is 4. The first-order valence-electron chi connectivity index (χ1n) is 7.96. The smallest absolute Gasteiger partial charge is 0.173 e. The Labute approximate surface area is 130 Å². The number of fused-ring (bicyclic) bond motifs is 5. The minimum Gasteiger partial charge on any atom is -0.500 e. The van der Waals surface area contributed by atoms with Crippen molar-refractivity contribution in [2.24, 2.45) is 11.8 Å². The Morgan fingerprint density at radius 1 is 1.18 bits per heavy atom. The number of methoxy groups -OCH3 is 1. The zero-order valence-corrected chi connectivity index (χ0v) is 13.5. The van der Waals surface area contributed by atoms with Gasteiger partial charge in [-0.15, -0.1) is 0 Å². The van der Waals surface area contributed by atoms with Crippen molar-refractivity contribution in [2.75, 3.05) is 7.11 Å². The zero-order valence-electron chi connectivity index (χ0n) is 13.5. The lowest BCUT2D eigenvalue weighted by Crippen LogP contribution is -2.29. The third-order valence-corrected chi connectivity index (χ3v) is 5.37. The average molecular weight is 299 g/mol. The van der Waals surface area contributed by atoms with Gasteiger partial charge in [0, 0.05) is 17.0 Å². The number of aromatic nitrogens is 1. The van der Waals surface area contributed by atoms with Gasteiger partial charge < -0.3 is 9.47 Å². The molecular formula is C18H21NO3. The Hall–Kier alpha value is -1.68. The highest BCUT2D eigenvalue weighted by Gasteiger charge is 2.59. The molecule has 0 amide bonds. The molecule has 0 unspecified atom stereocenters. The molecule has 3 heterocycles. The Morgan fingerprint density at radius 2 is 1.86 bits per heavy atom. The van der Waals surface area contributed by atoms with Crippen LogP contribution in [-0.2, 0) is 14.3 Å². The largest absolute Gasteiger partial charge is 0.500 e. The highest BCUT2D eigenvalue weighted by atomic mass is 16.5. The van der Waals surface area contributed by atoms with Gasteiger partial charge in [0.05, 0.1) is 36.7 Å². The molecule has 0 saturated carbocycles. The minimum atomic E-state index is -0.0520. The Kier molecular flexibility index (Phi) is 2.95. The molecule has 0 aromatic carbocycles. The van der Waals surface area contributed by atoms with Gasteiger partial charge in [-0.25, -0.2) is 0 Å². The van der Waals surface area contributed by atoms with Crippen molar-refractivity contribution in [1.29, 1.82) is 0 Å². The van der Waals surface area contributed by atoms with Crippen molar-refractivity contribution < 1.29 is 14.3 Å². The number of ether oxygens (including phenoxy) is 2. The van der Waals surface area contributed by atoms with Crippen LogP contribution in [0.15, 0.2) is 11.8 Å². The number of carbonyl (C=O) groups excluding carboxylic acids is 1. The molecule has 2 aliphatic heterocycles. The molecule has 2 bridgehead atoms. The summed E-state index contributed by atoms with van der Waals surface area (Å²) in [4.78, 5) is 17.6. The van der Waals surface area contributed by atoms with Crippen LogP contribution in [0.3, 0.4) is 0 Å². The van der Waals surface area contributed by atoms with Crippen LogP contribution < -0.4 is 0 Å². The van der Waals surface area contributed by atoms with Gasteiger partial charge in [0.2, 0.25) is 0 Å². The van der Waals surface area contributed by atoms with Gasteiger partial charge in [0.15, 0.2) is 5.78 Å². The summed E-state index contributed by atoms with van der Waals surface area (Å²) in [5, 5.41) is 0. The van der Waals surface area contributed by atoms with Crippen LogP contribution in [0.1, 0.15) is 35.4 Å². The molecule has 116 valence electrons. The average Bonchev–Trinajstić information content (AvgIpc) is 3.11. The van der Waals surface area contributed by atoms with Gasteiger partial charge >= 0.3 is 0 Å². The second-order valence-corrected chi connectivity index (χ2v) is 6.69. The quantitative estimate of drug-likeness (QED) is 0.842. The Bertz CT molecular complexity index is 683. The zero-order chi connectivity index (χ0) is 15.6. The van der Waals surface area contributed by atoms with Crippen LogP contribution in [0.2, 0.25) is 0 Å². The molecule has 1 aliphatic carbocycles. The molecule has 0 N–H and O–H groups in total. The first kappa shape index (κ1) is 13.9. The second-order valence-electron chi connectivity index (χ2n) is 6.69. The molecule has 0 spiro atoms. The van der Waals surface area contributed by atoms with Gasteiger partial charge in [-0.05, 0) is 45.2 Å². The van der Waals surface area contributed by atoms with Crippen molar-refractivity contribution in [2.45, 2.75) is 45.8 Å². The molecule has 4 heteroatoms. The first-order valence-corrected chi connectivity index (χ1v) is 7.96. The summed E-state index contributed by atoms with van der Waals surface area (Å²) < 4.78 is 11.7. The van der Waals surface area contributed by atoms with Gasteiger partial charge in [-0.3, -0.25) is 9.78 Å². The third kappa shape index (κ3) is 1.67. The molecule has 4 atom stereocenters. The van der Waals surface area contributed by atoms with E-state index in [4.69, 9.17) is 9.47 Å². The van der Waals surface area contributed by atoms with Crippen molar-refractivity contribution in [1.82, 2.24) is 4.98 Å². The van der Waals surface area contributed by atoms with Crippen LogP contribution in [-0.4, -0.2) is 30.1 Å². The Balaban J connectivity index is 1.90. The van der Waals surface area contributed by atoms with Crippen molar-refractivity contribution in [3.8, 4) is 0 Å². The second kappa shape index (κ2) is 4.66. The van der Waals surface area contributed by atoms with Crippen LogP contribution in [0, 0.1) is 32.6 Å². The minimum absolute atomic E-state index is 0.0520. The summed E-state index contributed by atoms with van der Waals surface area (Å²) in [7, 11) is 1.67. The fourth-order valence-electron chi connectivity index (χ4n) is 4.68. The van der Waals surface area contributed by atoms with E-state index < -0.39 is 0 Å². The molecule has 4 rings (SSSR count). The van der Waals surface area contributed by atoms with Gasteiger partial charge in [0.25, 0.3) is 0 Å². The summed E-state index contributed by atoms with van der Waals surface area (Å²) in [5.41, 5.74) is 4.69. The van der Waals surface area contributed by atoms with E-state index in [-0.39, 0.29) is 29.8 Å². The maximum Gasteiger partial charge on any atom is 0.173 e. The summed E-state index contributed by atoms with van der Waals surface area (Å²) >= 11 is 0. The van der Waals surface area contributed by atoms with E-state index in [1.165, 1.54) is 0 Å². The Morgan fingerprint density at radius 3 is 2.50 bits per heavy atom. The predicted octanol–water partition coefficient (Wildman–Crippen LogP) is 2.74. The van der Waals surface area contributed by atoms with Crippen LogP contribution in [0.25, 0.3) is 5.57 Å². The first-order chi connectivity index (χ1) is 10.5. The van der Waals surface area contributed by atoms with Crippen molar-refractivity contribution >= 4 is 11.4 Å². The highest BCUT2D eigenvalue weighted by Crippen LogP contribution is 2.54. The van der Waals surface area contributed by atoms with E-state index in [2.05, 4.69) is 4.98 Å². The molecule has 2 saturated heterocycles. The van der Waals surface area contributed by atoms with E-state index >= 15 is 0 Å². The van der Waals surface area contributed by atoms with E-state index in [0.717, 1.165) is 46.7 Å². The maximum atomic E-state index is 13.1. The molecule has 22 heavy (non-hydrogen) atoms. The summed E-state index contributed by atoms with van der Waals surface area (Å²) in [6, 6.07) is 2.04. The number of rotatable bonds is 2. The topological polar surface area (TPSA) is 48.4 Å². The predicted molar refractivity (Wildman–Crippen MR) is 82.3 cm³/mol. The van der Waals surface area contributed by atoms with Crippen LogP contribution in [0.5, 0.6) is 0 Å². The molecule has 4 nitrogen and oxygen atoms in total. The van der Waals surface area contributed by atoms with Gasteiger partial charge in [-0.1, -0.05) is 0 Å². The third-order valence-electron chi connectivity index (χ3n) is 5.37. The number of ketones is 1. The number of hydrogen-bond donors (Lipinski definition) is 0. The molecule has 1 aromatic rings. The molecule has 1 aromatic heterocycles. The number of aryl methyl sites for hydroxylation is 3. The van der Waals surface area contributed by atoms with Gasteiger partial charge in [-0.2, -0.15) is 0 Å². The monoisotopic (exact) mass is 299 g/mol. The normalized spacial score (nSPS) is 32.8. The number of pyridine rings is 1. The number of allylic oxidation sites excluding steroid dienone is 1. The highest BCUT2D eigenvalue weighted by molar-refractivity contribution is 6.25. The number of Topliss-reactive ketones (excluding diaryl/α,β-unsaturated/α-hetero) is 1. The fourth-order valence-corrected chi connectivity index (χ4v) is 4.68. The van der Waals surface area contributed by atoms with E-state index in [1.807, 2.05) is 26.8 Å². The summed E-state index contributed by atoms with van der Waals surface area (Å²) in [5.74, 6) is 1.06. The lowest BCUT2D eigenvalue weighted by molar-refractivity contribution is -0.118. The lowest BCUT2D eigenvalue weighted by atomic mass is 9.80. The van der Waals surface area contributed by atoms with E-state index in [0.29, 0.717) is 0 Å². The standard InChI is InChI=1S/C18H21NO3/c1-8-7-9(2)19-10(3)13(8)16-17(20)14-11-5-6-12(22-11)15(14)18(16)21-4/h7,11-12,14-15H,5-6H2,1-4H3/t11-,12+,14+,15-/m0/s1. The van der Waals surface area contributed by atoms with E-state index in [9.17, 15) is 4.79 Å². The molecule has 0 radical (unpaired) electrons. The van der Waals surface area contributed by atoms with Gasteiger partial charge in [0.1, 0.15) is 5.76 Å². The van der Waals surface area contributed by atoms with Crippen molar-refractivity contribution in [3.63, 3.8) is 0 Å².